The van der Waals surface area contributed by atoms with Crippen molar-refractivity contribution in [2.75, 3.05) is 64.1 Å². The van der Waals surface area contributed by atoms with E-state index in [1.54, 1.807) is 11.4 Å². The monoisotopic (exact) mass is 439 g/mol. The Hall–Kier alpha value is -1.84. The van der Waals surface area contributed by atoms with Crippen LogP contribution >= 0.6 is 0 Å². The largest absolute Gasteiger partial charge is 0.378 e. The van der Waals surface area contributed by atoms with Crippen LogP contribution in [0.25, 0.3) is 0 Å². The molecule has 1 aromatic carbocycles. The van der Waals surface area contributed by atoms with E-state index in [4.69, 9.17) is 4.74 Å². The van der Waals surface area contributed by atoms with Crippen LogP contribution in [-0.4, -0.2) is 94.9 Å². The first-order valence-electron chi connectivity index (χ1n) is 10.6. The SMILES string of the molecule is CN=C(NCC(C)N(C)c1ccccc1)N1CCN(S(=O)(=O)CCOC(C)C)CC1. The number of anilines is 1. The van der Waals surface area contributed by atoms with Gasteiger partial charge in [-0.2, -0.15) is 4.31 Å². The molecule has 170 valence electrons. The summed E-state index contributed by atoms with van der Waals surface area (Å²) in [6.07, 6.45) is 0.0368. The van der Waals surface area contributed by atoms with Crippen molar-refractivity contribution in [2.45, 2.75) is 32.9 Å². The maximum absolute atomic E-state index is 12.5. The van der Waals surface area contributed by atoms with E-state index in [0.29, 0.717) is 26.2 Å². The van der Waals surface area contributed by atoms with E-state index >= 15 is 0 Å². The molecule has 0 radical (unpaired) electrons. The number of ether oxygens (including phenoxy) is 1. The number of sulfonamides is 1. The third-order valence-corrected chi connectivity index (χ3v) is 7.15. The first-order valence-corrected chi connectivity index (χ1v) is 12.2. The molecule has 1 aliphatic rings. The Bertz CT molecular complexity index is 762. The van der Waals surface area contributed by atoms with Crippen LogP contribution in [0.4, 0.5) is 5.69 Å². The zero-order valence-corrected chi connectivity index (χ0v) is 19.7. The lowest BCUT2D eigenvalue weighted by Gasteiger charge is -2.36. The third kappa shape index (κ3) is 7.14. The van der Waals surface area contributed by atoms with Gasteiger partial charge in [-0.3, -0.25) is 4.99 Å². The van der Waals surface area contributed by atoms with Gasteiger partial charge in [0.1, 0.15) is 0 Å². The van der Waals surface area contributed by atoms with Crippen LogP contribution in [0, 0.1) is 0 Å². The number of nitrogens with zero attached hydrogens (tertiary/aromatic N) is 4. The molecular formula is C21H37N5O3S. The van der Waals surface area contributed by atoms with E-state index in [9.17, 15) is 8.42 Å². The summed E-state index contributed by atoms with van der Waals surface area (Å²) < 4.78 is 32.0. The highest BCUT2D eigenvalue weighted by Gasteiger charge is 2.28. The quantitative estimate of drug-likeness (QED) is 0.464. The topological polar surface area (TPSA) is 77.5 Å². The first kappa shape index (κ1) is 24.4. The van der Waals surface area contributed by atoms with Crippen LogP contribution in [-0.2, 0) is 14.8 Å². The number of rotatable bonds is 9. The number of piperazine rings is 1. The molecule has 0 saturated carbocycles. The molecule has 8 nitrogen and oxygen atoms in total. The third-order valence-electron chi connectivity index (χ3n) is 5.32. The molecule has 30 heavy (non-hydrogen) atoms. The van der Waals surface area contributed by atoms with Gasteiger partial charge in [-0.25, -0.2) is 8.42 Å². The van der Waals surface area contributed by atoms with Crippen molar-refractivity contribution in [3.8, 4) is 0 Å². The minimum Gasteiger partial charge on any atom is -0.378 e. The molecule has 1 saturated heterocycles. The van der Waals surface area contributed by atoms with Gasteiger partial charge < -0.3 is 19.9 Å². The number of hydrogen-bond acceptors (Lipinski definition) is 5. The summed E-state index contributed by atoms with van der Waals surface area (Å²) in [4.78, 5) is 8.74. The van der Waals surface area contributed by atoms with Crippen molar-refractivity contribution in [1.29, 1.82) is 0 Å². The summed E-state index contributed by atoms with van der Waals surface area (Å²) in [6, 6.07) is 10.5. The van der Waals surface area contributed by atoms with Crippen molar-refractivity contribution in [1.82, 2.24) is 14.5 Å². The van der Waals surface area contributed by atoms with E-state index in [1.165, 1.54) is 5.69 Å². The van der Waals surface area contributed by atoms with Gasteiger partial charge in [-0.05, 0) is 32.9 Å². The van der Waals surface area contributed by atoms with Crippen molar-refractivity contribution in [2.24, 2.45) is 4.99 Å². The average molecular weight is 440 g/mol. The molecule has 1 aliphatic heterocycles. The van der Waals surface area contributed by atoms with Crippen LogP contribution in [0.15, 0.2) is 35.3 Å². The number of guanidine groups is 1. The van der Waals surface area contributed by atoms with Crippen molar-refractivity contribution >= 4 is 21.7 Å². The van der Waals surface area contributed by atoms with Gasteiger partial charge in [-0.1, -0.05) is 18.2 Å². The van der Waals surface area contributed by atoms with E-state index in [-0.39, 0.29) is 24.5 Å². The Morgan fingerprint density at radius 1 is 1.17 bits per heavy atom. The van der Waals surface area contributed by atoms with Crippen molar-refractivity contribution < 1.29 is 13.2 Å². The van der Waals surface area contributed by atoms with Gasteiger partial charge in [-0.15, -0.1) is 0 Å². The minimum absolute atomic E-state index is 0.0293. The standard InChI is InChI=1S/C21H37N5O3S/c1-18(2)29-15-16-30(27,28)26-13-11-25(12-14-26)21(22-4)23-17-19(3)24(5)20-9-7-6-8-10-20/h6-10,18-19H,11-17H2,1-5H3,(H,22,23). The van der Waals surface area contributed by atoms with Gasteiger partial charge >= 0.3 is 0 Å². The molecule has 0 aromatic heterocycles. The Labute approximate surface area is 181 Å². The number of likely N-dealkylation sites (N-methyl/N-ethyl adjacent to an activating group) is 1. The molecule has 9 heteroatoms. The number of para-hydroxylation sites is 1. The zero-order valence-electron chi connectivity index (χ0n) is 18.9. The van der Waals surface area contributed by atoms with Crippen LogP contribution in [0.3, 0.4) is 0 Å². The highest BCUT2D eigenvalue weighted by Crippen LogP contribution is 2.14. The number of aliphatic imine (C=N–C) groups is 1. The predicted molar refractivity (Wildman–Crippen MR) is 124 cm³/mol. The highest BCUT2D eigenvalue weighted by atomic mass is 32.2. The normalized spacial score (nSPS) is 17.3. The van der Waals surface area contributed by atoms with Crippen molar-refractivity contribution in [3.05, 3.63) is 30.3 Å². The molecule has 1 fully saturated rings. The van der Waals surface area contributed by atoms with Gasteiger partial charge in [0.2, 0.25) is 10.0 Å². The maximum atomic E-state index is 12.5. The van der Waals surface area contributed by atoms with E-state index in [0.717, 1.165) is 12.5 Å². The number of hydrogen-bond donors (Lipinski definition) is 1. The van der Waals surface area contributed by atoms with Gasteiger partial charge in [0.05, 0.1) is 18.5 Å². The Morgan fingerprint density at radius 3 is 2.37 bits per heavy atom. The molecule has 1 unspecified atom stereocenters. The van der Waals surface area contributed by atoms with Crippen molar-refractivity contribution in [3.63, 3.8) is 0 Å². The molecule has 0 spiro atoms. The van der Waals surface area contributed by atoms with Gasteiger partial charge in [0.25, 0.3) is 0 Å². The summed E-state index contributed by atoms with van der Waals surface area (Å²) in [6.45, 7) is 9.11. The lowest BCUT2D eigenvalue weighted by Crippen LogP contribution is -2.55. The van der Waals surface area contributed by atoms with Crippen LogP contribution in [0.1, 0.15) is 20.8 Å². The second-order valence-corrected chi connectivity index (χ2v) is 9.93. The second-order valence-electron chi connectivity index (χ2n) is 7.85. The smallest absolute Gasteiger partial charge is 0.216 e. The minimum atomic E-state index is -3.29. The summed E-state index contributed by atoms with van der Waals surface area (Å²) in [5, 5.41) is 3.44. The fraction of sp³-hybridized carbons (Fsp3) is 0.667. The number of nitrogens with one attached hydrogen (secondary N) is 1. The molecular weight excluding hydrogens is 402 g/mol. The Morgan fingerprint density at radius 2 is 1.80 bits per heavy atom. The molecule has 2 rings (SSSR count). The Kier molecular flexibility index (Phi) is 9.38. The molecule has 0 amide bonds. The first-order chi connectivity index (χ1) is 14.2. The summed E-state index contributed by atoms with van der Waals surface area (Å²) >= 11 is 0. The molecule has 0 bridgehead atoms. The average Bonchev–Trinajstić information content (AvgIpc) is 2.74. The fourth-order valence-corrected chi connectivity index (χ4v) is 4.61. The summed E-state index contributed by atoms with van der Waals surface area (Å²) in [5.74, 6) is 0.838. The Balaban J connectivity index is 1.82. The molecule has 1 aromatic rings. The molecule has 1 N–H and O–H groups in total. The van der Waals surface area contributed by atoms with E-state index in [2.05, 4.69) is 46.2 Å². The maximum Gasteiger partial charge on any atom is 0.216 e. The van der Waals surface area contributed by atoms with Crippen LogP contribution < -0.4 is 10.2 Å². The zero-order chi connectivity index (χ0) is 22.1. The lowest BCUT2D eigenvalue weighted by molar-refractivity contribution is 0.0904. The van der Waals surface area contributed by atoms with E-state index < -0.39 is 10.0 Å². The molecule has 0 aliphatic carbocycles. The fourth-order valence-electron chi connectivity index (χ4n) is 3.32. The van der Waals surface area contributed by atoms with Gasteiger partial charge in [0.15, 0.2) is 5.96 Å². The predicted octanol–water partition coefficient (Wildman–Crippen LogP) is 1.46. The highest BCUT2D eigenvalue weighted by molar-refractivity contribution is 7.89. The van der Waals surface area contributed by atoms with Gasteiger partial charge in [0, 0.05) is 58.5 Å². The molecule has 1 atom stereocenters. The molecule has 1 heterocycles. The van der Waals surface area contributed by atoms with E-state index in [1.807, 2.05) is 32.0 Å². The van der Waals surface area contributed by atoms with Crippen LogP contribution in [0.2, 0.25) is 0 Å². The summed E-state index contributed by atoms with van der Waals surface area (Å²) in [5.41, 5.74) is 1.17. The van der Waals surface area contributed by atoms with Crippen LogP contribution in [0.5, 0.6) is 0 Å². The second kappa shape index (κ2) is 11.5. The number of benzene rings is 1. The summed E-state index contributed by atoms with van der Waals surface area (Å²) in [7, 11) is 0.557. The lowest BCUT2D eigenvalue weighted by atomic mass is 10.2.